The molecule has 0 aliphatic carbocycles. The first kappa shape index (κ1) is 19.1. The third kappa shape index (κ3) is 5.95. The molecule has 2 rings (SSSR count). The zero-order valence-electron chi connectivity index (χ0n) is 15.0. The molecule has 7 nitrogen and oxygen atoms in total. The molecule has 1 atom stereocenters. The van der Waals surface area contributed by atoms with Gasteiger partial charge in [-0.1, -0.05) is 19.9 Å². The molecule has 1 aromatic heterocycles. The van der Waals surface area contributed by atoms with Gasteiger partial charge in [-0.3, -0.25) is 0 Å². The number of aromatic amines is 1. The molecule has 1 heterocycles. The maximum absolute atomic E-state index is 11.6. The Morgan fingerprint density at radius 1 is 1.28 bits per heavy atom. The van der Waals surface area contributed by atoms with Crippen LogP contribution in [-0.2, 0) is 4.74 Å². The van der Waals surface area contributed by atoms with Crippen molar-refractivity contribution in [2.75, 3.05) is 13.2 Å². The zero-order chi connectivity index (χ0) is 18.4. The first-order valence-electron chi connectivity index (χ1n) is 8.39. The van der Waals surface area contributed by atoms with Crippen molar-refractivity contribution >= 4 is 17.1 Å². The number of carbonyl (C=O) groups is 1. The molecular weight excluding hydrogens is 324 g/mol. The van der Waals surface area contributed by atoms with Crippen molar-refractivity contribution in [3.8, 4) is 11.6 Å². The lowest BCUT2D eigenvalue weighted by Gasteiger charge is -2.15. The van der Waals surface area contributed by atoms with E-state index in [1.165, 1.54) is 0 Å². The summed E-state index contributed by atoms with van der Waals surface area (Å²) in [6.45, 7) is 8.14. The fourth-order valence-electron chi connectivity index (χ4n) is 2.21. The van der Waals surface area contributed by atoms with Crippen LogP contribution in [0, 0.1) is 0 Å². The highest BCUT2D eigenvalue weighted by atomic mass is 16.7. The standard InChI is InChI=1S/C18H26N2O5/c1-11(2)19-9-13(21)10-23-16-7-5-6-15-14(16)8-17(20-15)25-18(22)24-12(3)4/h5-8,11-13,19-21H,9-10H2,1-4H3. The summed E-state index contributed by atoms with van der Waals surface area (Å²) >= 11 is 0. The van der Waals surface area contributed by atoms with Gasteiger partial charge in [0.25, 0.3) is 0 Å². The number of carbonyl (C=O) groups excluding carboxylic acids is 1. The number of aliphatic hydroxyl groups excluding tert-OH is 1. The normalized spacial score (nSPS) is 12.6. The number of benzene rings is 1. The maximum Gasteiger partial charge on any atom is 0.515 e. The van der Waals surface area contributed by atoms with E-state index in [4.69, 9.17) is 14.2 Å². The van der Waals surface area contributed by atoms with Crippen LogP contribution in [0.4, 0.5) is 4.79 Å². The Morgan fingerprint density at radius 2 is 2.04 bits per heavy atom. The molecule has 0 saturated heterocycles. The minimum atomic E-state index is -0.765. The first-order chi connectivity index (χ1) is 11.8. The Bertz CT molecular complexity index is 696. The number of rotatable bonds is 8. The van der Waals surface area contributed by atoms with Gasteiger partial charge in [0.2, 0.25) is 5.88 Å². The van der Waals surface area contributed by atoms with Gasteiger partial charge in [0.15, 0.2) is 0 Å². The van der Waals surface area contributed by atoms with Crippen molar-refractivity contribution in [1.29, 1.82) is 0 Å². The molecule has 2 aromatic rings. The van der Waals surface area contributed by atoms with Gasteiger partial charge >= 0.3 is 6.16 Å². The molecule has 0 bridgehead atoms. The van der Waals surface area contributed by atoms with E-state index in [0.717, 1.165) is 10.9 Å². The van der Waals surface area contributed by atoms with Crippen molar-refractivity contribution in [2.45, 2.75) is 45.9 Å². The second-order valence-electron chi connectivity index (χ2n) is 6.40. The summed E-state index contributed by atoms with van der Waals surface area (Å²) in [4.78, 5) is 14.6. The SMILES string of the molecule is CC(C)NCC(O)COc1cccc2[nH]c(OC(=O)OC(C)C)cc12. The maximum atomic E-state index is 11.6. The van der Waals surface area contributed by atoms with Crippen LogP contribution in [0.15, 0.2) is 24.3 Å². The average molecular weight is 350 g/mol. The fraction of sp³-hybridized carbons (Fsp3) is 0.500. The van der Waals surface area contributed by atoms with Crippen LogP contribution in [0.2, 0.25) is 0 Å². The van der Waals surface area contributed by atoms with Crippen molar-refractivity contribution in [2.24, 2.45) is 0 Å². The monoisotopic (exact) mass is 350 g/mol. The molecule has 138 valence electrons. The molecule has 0 amide bonds. The molecule has 1 aromatic carbocycles. The van der Waals surface area contributed by atoms with Crippen LogP contribution in [0.5, 0.6) is 11.6 Å². The lowest BCUT2D eigenvalue weighted by Crippen LogP contribution is -2.35. The summed E-state index contributed by atoms with van der Waals surface area (Å²) in [5.41, 5.74) is 0.764. The van der Waals surface area contributed by atoms with Crippen LogP contribution in [0.1, 0.15) is 27.7 Å². The second kappa shape index (κ2) is 8.73. The molecule has 25 heavy (non-hydrogen) atoms. The molecule has 0 fully saturated rings. The molecule has 0 radical (unpaired) electrons. The Balaban J connectivity index is 2.02. The van der Waals surface area contributed by atoms with Crippen molar-refractivity contribution in [3.63, 3.8) is 0 Å². The molecule has 1 unspecified atom stereocenters. The number of aliphatic hydroxyl groups is 1. The third-order valence-corrected chi connectivity index (χ3v) is 3.32. The van der Waals surface area contributed by atoms with E-state index in [0.29, 0.717) is 18.3 Å². The van der Waals surface area contributed by atoms with Crippen LogP contribution >= 0.6 is 0 Å². The Kier molecular flexibility index (Phi) is 6.66. The number of hydrogen-bond donors (Lipinski definition) is 3. The highest BCUT2D eigenvalue weighted by Crippen LogP contribution is 2.29. The topological polar surface area (TPSA) is 92.8 Å². The van der Waals surface area contributed by atoms with E-state index < -0.39 is 12.3 Å². The second-order valence-corrected chi connectivity index (χ2v) is 6.40. The van der Waals surface area contributed by atoms with E-state index in [9.17, 15) is 9.90 Å². The molecule has 0 spiro atoms. The van der Waals surface area contributed by atoms with E-state index >= 15 is 0 Å². The molecular formula is C18H26N2O5. The number of hydrogen-bond acceptors (Lipinski definition) is 6. The predicted octanol–water partition coefficient (Wildman–Crippen LogP) is 2.83. The van der Waals surface area contributed by atoms with Crippen LogP contribution in [0.3, 0.4) is 0 Å². The highest BCUT2D eigenvalue weighted by molar-refractivity contribution is 5.88. The number of nitrogens with one attached hydrogen (secondary N) is 2. The minimum Gasteiger partial charge on any atom is -0.490 e. The Labute approximate surface area is 147 Å². The Morgan fingerprint density at radius 3 is 2.72 bits per heavy atom. The predicted molar refractivity (Wildman–Crippen MR) is 95.2 cm³/mol. The van der Waals surface area contributed by atoms with Gasteiger partial charge in [-0.2, -0.15) is 0 Å². The summed E-state index contributed by atoms with van der Waals surface area (Å²) in [6, 6.07) is 7.44. The zero-order valence-corrected chi connectivity index (χ0v) is 15.0. The fourth-order valence-corrected chi connectivity index (χ4v) is 2.21. The van der Waals surface area contributed by atoms with Gasteiger partial charge in [-0.15, -0.1) is 0 Å². The lowest BCUT2D eigenvalue weighted by atomic mass is 10.2. The summed E-state index contributed by atoms with van der Waals surface area (Å²) in [5.74, 6) is 0.878. The third-order valence-electron chi connectivity index (χ3n) is 3.32. The van der Waals surface area contributed by atoms with Gasteiger partial charge in [0.1, 0.15) is 18.5 Å². The van der Waals surface area contributed by atoms with Crippen molar-refractivity contribution in [1.82, 2.24) is 10.3 Å². The van der Waals surface area contributed by atoms with Crippen LogP contribution < -0.4 is 14.8 Å². The average Bonchev–Trinajstić information content (AvgIpc) is 2.92. The number of fused-ring (bicyclic) bond motifs is 1. The number of H-pyrrole nitrogens is 1. The van der Waals surface area contributed by atoms with Crippen LogP contribution in [0.25, 0.3) is 10.9 Å². The van der Waals surface area contributed by atoms with E-state index in [1.807, 2.05) is 26.0 Å². The van der Waals surface area contributed by atoms with E-state index in [2.05, 4.69) is 10.3 Å². The summed E-state index contributed by atoms with van der Waals surface area (Å²) < 4.78 is 15.8. The van der Waals surface area contributed by atoms with E-state index in [1.54, 1.807) is 26.0 Å². The van der Waals surface area contributed by atoms with Gasteiger partial charge in [0, 0.05) is 24.0 Å². The molecule has 0 aliphatic heterocycles. The summed E-state index contributed by atoms with van der Waals surface area (Å²) in [6.07, 6.45) is -1.63. The number of ether oxygens (including phenoxy) is 3. The lowest BCUT2D eigenvalue weighted by molar-refractivity contribution is 0.0718. The summed E-state index contributed by atoms with van der Waals surface area (Å²) in [5, 5.41) is 13.9. The smallest absolute Gasteiger partial charge is 0.490 e. The first-order valence-corrected chi connectivity index (χ1v) is 8.39. The van der Waals surface area contributed by atoms with Gasteiger partial charge in [0.05, 0.1) is 11.6 Å². The molecule has 7 heteroatoms. The minimum absolute atomic E-state index is 0.162. The number of aromatic nitrogens is 1. The highest BCUT2D eigenvalue weighted by Gasteiger charge is 2.13. The van der Waals surface area contributed by atoms with Crippen molar-refractivity contribution in [3.05, 3.63) is 24.3 Å². The molecule has 0 saturated carbocycles. The largest absolute Gasteiger partial charge is 0.515 e. The molecule has 0 aliphatic rings. The Hall–Kier alpha value is -2.25. The van der Waals surface area contributed by atoms with E-state index in [-0.39, 0.29) is 18.6 Å². The molecule has 3 N–H and O–H groups in total. The van der Waals surface area contributed by atoms with Crippen LogP contribution in [-0.4, -0.2) is 47.6 Å². The van der Waals surface area contributed by atoms with Gasteiger partial charge in [-0.25, -0.2) is 4.79 Å². The quantitative estimate of drug-likeness (QED) is 0.634. The van der Waals surface area contributed by atoms with Gasteiger partial charge in [-0.05, 0) is 26.0 Å². The van der Waals surface area contributed by atoms with Crippen molar-refractivity contribution < 1.29 is 24.1 Å². The van der Waals surface area contributed by atoms with Gasteiger partial charge < -0.3 is 29.6 Å². The summed E-state index contributed by atoms with van der Waals surface area (Å²) in [7, 11) is 0.